The van der Waals surface area contributed by atoms with E-state index in [1.54, 1.807) is 0 Å². The third-order valence-corrected chi connectivity index (χ3v) is 4.56. The van der Waals surface area contributed by atoms with E-state index in [1.165, 1.54) is 50.8 Å². The van der Waals surface area contributed by atoms with Gasteiger partial charge in [-0.15, -0.1) is 0 Å². The Hall–Kier alpha value is 0.270. The van der Waals surface area contributed by atoms with E-state index in [4.69, 9.17) is 5.73 Å². The zero-order valence-corrected chi connectivity index (χ0v) is 11.1. The lowest BCUT2D eigenvalue weighted by molar-refractivity contribution is 0.434. The summed E-state index contributed by atoms with van der Waals surface area (Å²) in [6, 6.07) is 0.442. The lowest BCUT2D eigenvalue weighted by Gasteiger charge is -2.26. The molecule has 3 heteroatoms. The first kappa shape index (κ1) is 13.3. The summed E-state index contributed by atoms with van der Waals surface area (Å²) in [4.78, 5) is 2.25. The maximum atomic E-state index is 6.23. The Balaban J connectivity index is 2.22. The van der Waals surface area contributed by atoms with Crippen LogP contribution in [0, 0.1) is 0 Å². The average Bonchev–Trinajstić information content (AvgIpc) is 2.16. The van der Waals surface area contributed by atoms with Crippen molar-refractivity contribution in [2.45, 2.75) is 49.8 Å². The summed E-state index contributed by atoms with van der Waals surface area (Å²) in [6.45, 7) is 1.17. The van der Waals surface area contributed by atoms with Gasteiger partial charge in [0.2, 0.25) is 0 Å². The molecule has 0 aromatic rings. The van der Waals surface area contributed by atoms with Gasteiger partial charge in [-0.1, -0.05) is 25.7 Å². The van der Waals surface area contributed by atoms with Gasteiger partial charge < -0.3 is 10.6 Å². The molecule has 2 atom stereocenters. The molecule has 1 aliphatic carbocycles. The molecule has 1 saturated carbocycles. The molecule has 0 radical (unpaired) electrons. The predicted octanol–water partition coefficient (Wildman–Crippen LogP) is 2.33. The first-order chi connectivity index (χ1) is 7.20. The second-order valence-corrected chi connectivity index (χ2v) is 6.22. The molecule has 0 bridgehead atoms. The van der Waals surface area contributed by atoms with E-state index < -0.39 is 0 Å². The lowest BCUT2D eigenvalue weighted by Crippen LogP contribution is -2.34. The molecule has 0 spiro atoms. The fourth-order valence-corrected chi connectivity index (χ4v) is 3.56. The molecule has 1 aliphatic rings. The molecule has 15 heavy (non-hydrogen) atoms. The topological polar surface area (TPSA) is 29.3 Å². The Morgan fingerprint density at radius 3 is 2.47 bits per heavy atom. The van der Waals surface area contributed by atoms with Crippen LogP contribution in [-0.2, 0) is 0 Å². The van der Waals surface area contributed by atoms with Gasteiger partial charge in [0.25, 0.3) is 0 Å². The van der Waals surface area contributed by atoms with Gasteiger partial charge in [-0.3, -0.25) is 0 Å². The third-order valence-electron chi connectivity index (χ3n) is 3.12. The van der Waals surface area contributed by atoms with Crippen molar-refractivity contribution < 1.29 is 0 Å². The van der Waals surface area contributed by atoms with Gasteiger partial charge in [-0.2, -0.15) is 11.8 Å². The van der Waals surface area contributed by atoms with Crippen LogP contribution in [0.2, 0.25) is 0 Å². The Bertz CT molecular complexity index is 162. The molecule has 2 N–H and O–H groups in total. The molecule has 0 aliphatic heterocycles. The minimum atomic E-state index is 0.442. The van der Waals surface area contributed by atoms with E-state index in [-0.39, 0.29) is 0 Å². The van der Waals surface area contributed by atoms with Gasteiger partial charge in [0.1, 0.15) is 0 Å². The summed E-state index contributed by atoms with van der Waals surface area (Å²) < 4.78 is 0. The van der Waals surface area contributed by atoms with Crippen molar-refractivity contribution in [2.24, 2.45) is 5.73 Å². The number of hydrogen-bond acceptors (Lipinski definition) is 3. The van der Waals surface area contributed by atoms with Crippen LogP contribution in [0.4, 0.5) is 0 Å². The van der Waals surface area contributed by atoms with Crippen LogP contribution in [0.25, 0.3) is 0 Å². The highest BCUT2D eigenvalue weighted by Crippen LogP contribution is 2.25. The molecule has 1 fully saturated rings. The third kappa shape index (κ3) is 5.79. The highest BCUT2D eigenvalue weighted by Gasteiger charge is 2.19. The van der Waals surface area contributed by atoms with Gasteiger partial charge in [-0.25, -0.2) is 0 Å². The molecule has 0 amide bonds. The Kier molecular flexibility index (Phi) is 6.69. The minimum absolute atomic E-state index is 0.442. The van der Waals surface area contributed by atoms with Crippen molar-refractivity contribution in [3.05, 3.63) is 0 Å². The smallest absolute Gasteiger partial charge is 0.0199 e. The summed E-state index contributed by atoms with van der Waals surface area (Å²) in [6.07, 6.45) is 8.10. The monoisotopic (exact) mass is 230 g/mol. The first-order valence-corrected chi connectivity index (χ1v) is 7.27. The molecule has 2 nitrogen and oxygen atoms in total. The Morgan fingerprint density at radius 2 is 1.80 bits per heavy atom. The van der Waals surface area contributed by atoms with Crippen LogP contribution < -0.4 is 5.73 Å². The summed E-state index contributed by atoms with van der Waals surface area (Å²) >= 11 is 2.09. The molecule has 0 saturated heterocycles. The van der Waals surface area contributed by atoms with Gasteiger partial charge in [0.15, 0.2) is 0 Å². The summed E-state index contributed by atoms with van der Waals surface area (Å²) in [7, 11) is 4.28. The van der Waals surface area contributed by atoms with E-state index in [0.29, 0.717) is 11.3 Å². The van der Waals surface area contributed by atoms with E-state index in [1.807, 2.05) is 0 Å². The lowest BCUT2D eigenvalue weighted by atomic mass is 9.97. The van der Waals surface area contributed by atoms with E-state index in [0.717, 1.165) is 0 Å². The molecule has 90 valence electrons. The number of rotatable bonds is 4. The fraction of sp³-hybridized carbons (Fsp3) is 1.00. The standard InChI is InChI=1S/C12H26N2S/c1-14(2)9-10-15-12-8-6-4-3-5-7-11(12)13/h11-12H,3-10,13H2,1-2H3. The first-order valence-electron chi connectivity index (χ1n) is 6.22. The molecule has 0 aromatic heterocycles. The molecular formula is C12H26N2S. The molecule has 0 aromatic carbocycles. The molecule has 0 heterocycles. The molecular weight excluding hydrogens is 204 g/mol. The highest BCUT2D eigenvalue weighted by molar-refractivity contribution is 7.99. The summed E-state index contributed by atoms with van der Waals surface area (Å²) in [5, 5.41) is 0.713. The van der Waals surface area contributed by atoms with Crippen LogP contribution in [0.5, 0.6) is 0 Å². The molecule has 1 rings (SSSR count). The van der Waals surface area contributed by atoms with Crippen LogP contribution in [0.15, 0.2) is 0 Å². The van der Waals surface area contributed by atoms with Crippen molar-refractivity contribution in [2.75, 3.05) is 26.4 Å². The fourth-order valence-electron chi connectivity index (χ4n) is 2.07. The molecule has 2 unspecified atom stereocenters. The quantitative estimate of drug-likeness (QED) is 0.804. The normalized spacial score (nSPS) is 28.8. The number of hydrogen-bond donors (Lipinski definition) is 1. The van der Waals surface area contributed by atoms with Crippen molar-refractivity contribution >= 4 is 11.8 Å². The van der Waals surface area contributed by atoms with Crippen LogP contribution in [-0.4, -0.2) is 42.6 Å². The second kappa shape index (κ2) is 7.53. The van der Waals surface area contributed by atoms with E-state index >= 15 is 0 Å². The predicted molar refractivity (Wildman–Crippen MR) is 70.5 cm³/mol. The van der Waals surface area contributed by atoms with Crippen LogP contribution in [0.3, 0.4) is 0 Å². The highest BCUT2D eigenvalue weighted by atomic mass is 32.2. The SMILES string of the molecule is CN(C)CCSC1CCCCCCC1N. The van der Waals surface area contributed by atoms with Crippen molar-refractivity contribution in [3.8, 4) is 0 Å². The minimum Gasteiger partial charge on any atom is -0.327 e. The van der Waals surface area contributed by atoms with Crippen molar-refractivity contribution in [3.63, 3.8) is 0 Å². The van der Waals surface area contributed by atoms with Gasteiger partial charge in [0.05, 0.1) is 0 Å². The van der Waals surface area contributed by atoms with E-state index in [9.17, 15) is 0 Å². The second-order valence-electron chi connectivity index (χ2n) is 4.87. The number of thioether (sulfide) groups is 1. The Labute approximate surface area is 99.0 Å². The largest absolute Gasteiger partial charge is 0.327 e. The van der Waals surface area contributed by atoms with Crippen LogP contribution in [0.1, 0.15) is 38.5 Å². The maximum Gasteiger partial charge on any atom is 0.0199 e. The van der Waals surface area contributed by atoms with Crippen molar-refractivity contribution in [1.29, 1.82) is 0 Å². The van der Waals surface area contributed by atoms with Crippen LogP contribution >= 0.6 is 11.8 Å². The number of nitrogens with two attached hydrogens (primary N) is 1. The van der Waals surface area contributed by atoms with Gasteiger partial charge in [0, 0.05) is 23.6 Å². The van der Waals surface area contributed by atoms with E-state index in [2.05, 4.69) is 30.8 Å². The Morgan fingerprint density at radius 1 is 1.13 bits per heavy atom. The summed E-state index contributed by atoms with van der Waals surface area (Å²) in [5.41, 5.74) is 6.23. The average molecular weight is 230 g/mol. The number of nitrogens with zero attached hydrogens (tertiary/aromatic N) is 1. The summed E-state index contributed by atoms with van der Waals surface area (Å²) in [5.74, 6) is 1.23. The van der Waals surface area contributed by atoms with Gasteiger partial charge >= 0.3 is 0 Å². The maximum absolute atomic E-state index is 6.23. The van der Waals surface area contributed by atoms with Crippen molar-refractivity contribution in [1.82, 2.24) is 4.90 Å². The zero-order valence-electron chi connectivity index (χ0n) is 10.2. The zero-order chi connectivity index (χ0) is 11.1. The van der Waals surface area contributed by atoms with Gasteiger partial charge in [-0.05, 0) is 26.9 Å².